The van der Waals surface area contributed by atoms with Gasteiger partial charge in [0.15, 0.2) is 0 Å². The molecule has 0 fully saturated rings. The van der Waals surface area contributed by atoms with Crippen molar-refractivity contribution < 1.29 is 29.1 Å². The summed E-state index contributed by atoms with van der Waals surface area (Å²) in [6.45, 7) is 3.25. The summed E-state index contributed by atoms with van der Waals surface area (Å²) in [6, 6.07) is 13.6. The van der Waals surface area contributed by atoms with Gasteiger partial charge in [0.2, 0.25) is 23.6 Å². The fourth-order valence-corrected chi connectivity index (χ4v) is 3.89. The van der Waals surface area contributed by atoms with Crippen LogP contribution < -0.4 is 27.4 Å². The normalized spacial score (nSPS) is 13.9. The Morgan fingerprint density at radius 2 is 1.23 bits per heavy atom. The van der Waals surface area contributed by atoms with Gasteiger partial charge in [0, 0.05) is 12.8 Å². The van der Waals surface area contributed by atoms with Gasteiger partial charge in [-0.05, 0) is 29.9 Å². The summed E-state index contributed by atoms with van der Waals surface area (Å²) < 4.78 is 0. The predicted octanol–water partition coefficient (Wildman–Crippen LogP) is 0.260. The van der Waals surface area contributed by atoms with Crippen molar-refractivity contribution in [2.24, 2.45) is 17.4 Å². The molecule has 2 aromatic carbocycles. The molecule has 11 heteroatoms. The molecule has 0 aliphatic rings. The molecule has 0 saturated heterocycles. The molecule has 4 amide bonds. The zero-order chi connectivity index (χ0) is 28.9. The number of carboxylic acid groups (broad SMARTS) is 1. The number of amides is 4. The molecular weight excluding hydrogens is 502 g/mol. The monoisotopic (exact) mass is 539 g/mol. The topological polar surface area (TPSA) is 194 Å². The quantitative estimate of drug-likeness (QED) is 0.187. The van der Waals surface area contributed by atoms with E-state index in [1.54, 1.807) is 38.1 Å². The Morgan fingerprint density at radius 1 is 0.744 bits per heavy atom. The number of nitrogens with one attached hydrogen (secondary N) is 3. The highest BCUT2D eigenvalue weighted by atomic mass is 16.4. The second-order valence-corrected chi connectivity index (χ2v) is 9.68. The molecule has 2 aromatic rings. The van der Waals surface area contributed by atoms with Crippen LogP contribution >= 0.6 is 0 Å². The van der Waals surface area contributed by atoms with E-state index >= 15 is 0 Å². The third-order valence-corrected chi connectivity index (χ3v) is 6.09. The Hall–Kier alpha value is -4.25. The van der Waals surface area contributed by atoms with Crippen molar-refractivity contribution in [2.75, 3.05) is 0 Å². The number of benzene rings is 2. The molecule has 0 aliphatic heterocycles. The van der Waals surface area contributed by atoms with Crippen molar-refractivity contribution in [1.82, 2.24) is 16.0 Å². The number of primary amides is 1. The fourth-order valence-electron chi connectivity index (χ4n) is 3.89. The van der Waals surface area contributed by atoms with Gasteiger partial charge < -0.3 is 32.5 Å². The van der Waals surface area contributed by atoms with Gasteiger partial charge in [0.25, 0.3) is 0 Å². The number of carboxylic acids is 1. The number of rotatable bonds is 15. The van der Waals surface area contributed by atoms with Crippen LogP contribution in [0.5, 0.6) is 0 Å². The van der Waals surface area contributed by atoms with E-state index in [2.05, 4.69) is 16.0 Å². The standard InChI is InChI=1S/C28H37N5O6/c1-17(2)24(28(38)39)33-26(36)21(13-14-23(30)34)31-27(37)22(16-19-11-7-4-8-12-19)32-25(35)20(29)15-18-9-5-3-6-10-18/h3-12,17,20-22,24H,13-16,29H2,1-2H3,(H2,30,34)(H,31,37)(H,32,35)(H,33,36)(H,38,39). The maximum Gasteiger partial charge on any atom is 0.326 e. The van der Waals surface area contributed by atoms with Gasteiger partial charge >= 0.3 is 5.97 Å². The zero-order valence-electron chi connectivity index (χ0n) is 22.1. The first kappa shape index (κ1) is 31.0. The maximum atomic E-state index is 13.4. The Balaban J connectivity index is 2.23. The summed E-state index contributed by atoms with van der Waals surface area (Å²) >= 11 is 0. The predicted molar refractivity (Wildman–Crippen MR) is 145 cm³/mol. The lowest BCUT2D eigenvalue weighted by atomic mass is 10.0. The molecule has 0 bridgehead atoms. The number of aliphatic carboxylic acids is 1. The second-order valence-electron chi connectivity index (χ2n) is 9.68. The summed E-state index contributed by atoms with van der Waals surface area (Å²) in [5, 5.41) is 17.1. The van der Waals surface area contributed by atoms with Crippen LogP contribution in [-0.4, -0.2) is 58.9 Å². The fraction of sp³-hybridized carbons (Fsp3) is 0.393. The Kier molecular flexibility index (Phi) is 12.1. The molecule has 0 heterocycles. The average Bonchev–Trinajstić information content (AvgIpc) is 2.89. The Bertz CT molecular complexity index is 1130. The minimum absolute atomic E-state index is 0.102. The van der Waals surface area contributed by atoms with Crippen LogP contribution in [0.25, 0.3) is 0 Å². The Morgan fingerprint density at radius 3 is 1.72 bits per heavy atom. The molecule has 4 atom stereocenters. The van der Waals surface area contributed by atoms with Crippen LogP contribution in [0.4, 0.5) is 0 Å². The van der Waals surface area contributed by atoms with Gasteiger partial charge in [-0.25, -0.2) is 4.79 Å². The first-order valence-electron chi connectivity index (χ1n) is 12.7. The van der Waals surface area contributed by atoms with E-state index < -0.39 is 59.7 Å². The highest BCUT2D eigenvalue weighted by Crippen LogP contribution is 2.09. The minimum Gasteiger partial charge on any atom is -0.480 e. The van der Waals surface area contributed by atoms with Crippen LogP contribution in [0.2, 0.25) is 0 Å². The largest absolute Gasteiger partial charge is 0.480 e. The molecule has 0 saturated carbocycles. The lowest BCUT2D eigenvalue weighted by Gasteiger charge is -2.26. The number of hydrogen-bond acceptors (Lipinski definition) is 6. The molecule has 4 unspecified atom stereocenters. The van der Waals surface area contributed by atoms with E-state index in [0.717, 1.165) is 11.1 Å². The second kappa shape index (κ2) is 15.2. The van der Waals surface area contributed by atoms with Crippen LogP contribution in [0, 0.1) is 5.92 Å². The van der Waals surface area contributed by atoms with Gasteiger partial charge in [0.1, 0.15) is 18.1 Å². The van der Waals surface area contributed by atoms with E-state index in [1.807, 2.05) is 36.4 Å². The molecule has 0 aliphatic carbocycles. The summed E-state index contributed by atoms with van der Waals surface area (Å²) in [7, 11) is 0. The lowest BCUT2D eigenvalue weighted by molar-refractivity contribution is -0.143. The SMILES string of the molecule is CC(C)C(NC(=O)C(CCC(N)=O)NC(=O)C(Cc1ccccc1)NC(=O)C(N)Cc1ccccc1)C(=O)O. The number of nitrogens with two attached hydrogens (primary N) is 2. The number of carbonyl (C=O) groups excluding carboxylic acids is 4. The number of carbonyl (C=O) groups is 5. The first-order chi connectivity index (χ1) is 18.5. The third kappa shape index (κ3) is 10.6. The molecular formula is C28H37N5O6. The van der Waals surface area contributed by atoms with E-state index in [-0.39, 0.29) is 25.7 Å². The molecule has 0 spiro atoms. The molecule has 210 valence electrons. The number of hydrogen-bond donors (Lipinski definition) is 6. The molecule has 39 heavy (non-hydrogen) atoms. The molecule has 11 nitrogen and oxygen atoms in total. The molecule has 8 N–H and O–H groups in total. The van der Waals surface area contributed by atoms with Crippen LogP contribution in [0.15, 0.2) is 60.7 Å². The van der Waals surface area contributed by atoms with Gasteiger partial charge in [0.05, 0.1) is 6.04 Å². The van der Waals surface area contributed by atoms with E-state index in [9.17, 15) is 29.1 Å². The summed E-state index contributed by atoms with van der Waals surface area (Å²) in [4.78, 5) is 62.3. The van der Waals surface area contributed by atoms with Gasteiger partial charge in [-0.1, -0.05) is 74.5 Å². The van der Waals surface area contributed by atoms with Crippen molar-refractivity contribution in [3.8, 4) is 0 Å². The molecule has 0 aromatic heterocycles. The zero-order valence-corrected chi connectivity index (χ0v) is 22.1. The van der Waals surface area contributed by atoms with E-state index in [4.69, 9.17) is 11.5 Å². The van der Waals surface area contributed by atoms with Gasteiger partial charge in [-0.2, -0.15) is 0 Å². The summed E-state index contributed by atoms with van der Waals surface area (Å²) in [6.07, 6.45) is -0.0293. The van der Waals surface area contributed by atoms with Crippen molar-refractivity contribution in [2.45, 2.75) is 63.7 Å². The summed E-state index contributed by atoms with van der Waals surface area (Å²) in [5.41, 5.74) is 13.0. The Labute approximate surface area is 227 Å². The van der Waals surface area contributed by atoms with Crippen molar-refractivity contribution in [1.29, 1.82) is 0 Å². The van der Waals surface area contributed by atoms with Crippen molar-refractivity contribution in [3.05, 3.63) is 71.8 Å². The van der Waals surface area contributed by atoms with Crippen LogP contribution in [-0.2, 0) is 36.8 Å². The average molecular weight is 540 g/mol. The van der Waals surface area contributed by atoms with Crippen LogP contribution in [0.3, 0.4) is 0 Å². The van der Waals surface area contributed by atoms with Crippen molar-refractivity contribution in [3.63, 3.8) is 0 Å². The van der Waals surface area contributed by atoms with E-state index in [0.29, 0.717) is 0 Å². The third-order valence-electron chi connectivity index (χ3n) is 6.09. The molecule has 0 radical (unpaired) electrons. The minimum atomic E-state index is -1.27. The molecule has 2 rings (SSSR count). The highest BCUT2D eigenvalue weighted by molar-refractivity contribution is 5.94. The smallest absolute Gasteiger partial charge is 0.326 e. The van der Waals surface area contributed by atoms with Crippen molar-refractivity contribution >= 4 is 29.6 Å². The van der Waals surface area contributed by atoms with Gasteiger partial charge in [-0.15, -0.1) is 0 Å². The highest BCUT2D eigenvalue weighted by Gasteiger charge is 2.31. The summed E-state index contributed by atoms with van der Waals surface area (Å²) in [5.74, 6) is -4.40. The lowest BCUT2D eigenvalue weighted by Crippen LogP contribution is -2.58. The first-order valence-corrected chi connectivity index (χ1v) is 12.7. The van der Waals surface area contributed by atoms with Gasteiger partial charge in [-0.3, -0.25) is 19.2 Å². The maximum absolute atomic E-state index is 13.4. The van der Waals surface area contributed by atoms with E-state index in [1.165, 1.54) is 0 Å². The van der Waals surface area contributed by atoms with Crippen LogP contribution in [0.1, 0.15) is 37.8 Å².